The number of amides is 2. The van der Waals surface area contributed by atoms with Crippen LogP contribution in [0.2, 0.25) is 0 Å². The number of nitrogens with one attached hydrogen (secondary N) is 2. The average Bonchev–Trinajstić information content (AvgIpc) is 2.32. The van der Waals surface area contributed by atoms with Crippen LogP contribution in [0.3, 0.4) is 0 Å². The molecule has 1 aromatic carbocycles. The largest absolute Gasteiger partial charge is 0.507 e. The molecule has 1 aromatic rings. The van der Waals surface area contributed by atoms with E-state index in [9.17, 15) is 18.3 Å². The summed E-state index contributed by atoms with van der Waals surface area (Å²) in [5.41, 5.74) is 7.34. The van der Waals surface area contributed by atoms with E-state index in [1.807, 2.05) is 51.8 Å². The van der Waals surface area contributed by atoms with Crippen LogP contribution in [-0.2, 0) is 20.9 Å². The van der Waals surface area contributed by atoms with Gasteiger partial charge in [-0.05, 0) is 29.4 Å². The van der Waals surface area contributed by atoms with Crippen molar-refractivity contribution in [3.05, 3.63) is 22.8 Å². The van der Waals surface area contributed by atoms with Gasteiger partial charge in [-0.2, -0.15) is 0 Å². The lowest BCUT2D eigenvalue weighted by molar-refractivity contribution is 0.247. The van der Waals surface area contributed by atoms with Gasteiger partial charge in [-0.1, -0.05) is 41.5 Å². The second kappa shape index (κ2) is 6.25. The van der Waals surface area contributed by atoms with Crippen molar-refractivity contribution in [2.45, 2.75) is 64.2 Å². The van der Waals surface area contributed by atoms with Crippen molar-refractivity contribution in [1.82, 2.24) is 10.3 Å². The number of rotatable bonds is 3. The fraction of sp³-hybridized carbons (Fsp3) is 0.562. The SMILES string of the molecule is Cc1c(S(=O)(=O)NNC(N)=O)cc(C(C)(C)C)c(O)c1C(C)(C)C. The summed E-state index contributed by atoms with van der Waals surface area (Å²) in [5, 5.41) is 10.7. The van der Waals surface area contributed by atoms with Crippen LogP contribution in [0.4, 0.5) is 4.79 Å². The fourth-order valence-corrected chi connectivity index (χ4v) is 3.81. The highest BCUT2D eigenvalue weighted by Crippen LogP contribution is 2.43. The number of nitrogens with two attached hydrogens (primary N) is 1. The lowest BCUT2D eigenvalue weighted by atomic mass is 9.77. The number of hydrogen-bond acceptors (Lipinski definition) is 4. The van der Waals surface area contributed by atoms with Crippen molar-refractivity contribution in [3.63, 3.8) is 0 Å². The second-order valence-corrected chi connectivity index (χ2v) is 9.52. The Morgan fingerprint density at radius 2 is 1.62 bits per heavy atom. The topological polar surface area (TPSA) is 122 Å². The number of aromatic hydroxyl groups is 1. The maximum absolute atomic E-state index is 12.6. The molecule has 136 valence electrons. The molecule has 0 saturated heterocycles. The summed E-state index contributed by atoms with van der Waals surface area (Å²) in [7, 11) is -4.04. The normalized spacial score (nSPS) is 13.0. The number of carbonyl (C=O) groups is 1. The Hall–Kier alpha value is -1.80. The smallest absolute Gasteiger partial charge is 0.327 e. The maximum atomic E-state index is 12.6. The van der Waals surface area contributed by atoms with Gasteiger partial charge in [-0.25, -0.2) is 13.2 Å². The molecule has 7 nitrogen and oxygen atoms in total. The molecule has 0 spiro atoms. The number of benzene rings is 1. The van der Waals surface area contributed by atoms with E-state index in [0.717, 1.165) is 0 Å². The van der Waals surface area contributed by atoms with E-state index in [2.05, 4.69) is 0 Å². The first-order valence-electron chi connectivity index (χ1n) is 7.54. The monoisotopic (exact) mass is 357 g/mol. The Bertz CT molecular complexity index is 757. The highest BCUT2D eigenvalue weighted by atomic mass is 32.2. The van der Waals surface area contributed by atoms with Crippen LogP contribution in [0.5, 0.6) is 5.75 Å². The molecule has 0 bridgehead atoms. The molecule has 0 radical (unpaired) electrons. The predicted molar refractivity (Wildman–Crippen MR) is 93.3 cm³/mol. The number of phenols is 1. The standard InChI is InChI=1S/C16H27N3O4S/c1-9-11(24(22,23)19-18-14(17)21)8-10(15(2,3)4)13(20)12(9)16(5,6)7/h8,19-20H,1-7H3,(H3,17,18,21). The Labute approximate surface area is 143 Å². The summed E-state index contributed by atoms with van der Waals surface area (Å²) in [6, 6.07) is 0.423. The van der Waals surface area contributed by atoms with Gasteiger partial charge in [0.05, 0.1) is 4.90 Å². The molecule has 0 aliphatic rings. The molecular formula is C16H27N3O4S. The second-order valence-electron chi connectivity index (χ2n) is 7.87. The van der Waals surface area contributed by atoms with Gasteiger partial charge in [0.1, 0.15) is 5.75 Å². The zero-order chi connectivity index (χ0) is 19.1. The number of sulfonamides is 1. The van der Waals surface area contributed by atoms with E-state index in [4.69, 9.17) is 5.73 Å². The first-order chi connectivity index (χ1) is 10.6. The molecule has 0 atom stereocenters. The molecule has 0 heterocycles. The van der Waals surface area contributed by atoms with Crippen molar-refractivity contribution < 1.29 is 18.3 Å². The van der Waals surface area contributed by atoms with Gasteiger partial charge in [0.25, 0.3) is 10.0 Å². The summed E-state index contributed by atoms with van der Waals surface area (Å²) < 4.78 is 25.1. The highest BCUT2D eigenvalue weighted by molar-refractivity contribution is 7.89. The van der Waals surface area contributed by atoms with Crippen LogP contribution in [0, 0.1) is 6.92 Å². The van der Waals surface area contributed by atoms with Gasteiger partial charge < -0.3 is 10.8 Å². The zero-order valence-corrected chi connectivity index (χ0v) is 16.1. The number of hydrazine groups is 1. The Balaban J connectivity index is 3.78. The van der Waals surface area contributed by atoms with Crippen LogP contribution in [0.25, 0.3) is 0 Å². The molecule has 0 saturated carbocycles. The molecule has 5 N–H and O–H groups in total. The van der Waals surface area contributed by atoms with Crippen molar-refractivity contribution in [3.8, 4) is 5.75 Å². The third kappa shape index (κ3) is 4.18. The number of hydrogen-bond donors (Lipinski definition) is 4. The summed E-state index contributed by atoms with van der Waals surface area (Å²) in [6.45, 7) is 13.0. The third-order valence-electron chi connectivity index (χ3n) is 3.67. The lowest BCUT2D eigenvalue weighted by Crippen LogP contribution is -2.44. The van der Waals surface area contributed by atoms with Gasteiger partial charge in [0.2, 0.25) is 0 Å². The maximum Gasteiger partial charge on any atom is 0.327 e. The van der Waals surface area contributed by atoms with Crippen molar-refractivity contribution in [1.29, 1.82) is 0 Å². The third-order valence-corrected chi connectivity index (χ3v) is 5.04. The molecule has 0 aliphatic carbocycles. The Morgan fingerprint density at radius 3 is 2.00 bits per heavy atom. The van der Waals surface area contributed by atoms with E-state index < -0.39 is 26.9 Å². The Kier molecular flexibility index (Phi) is 5.27. The molecule has 24 heavy (non-hydrogen) atoms. The van der Waals surface area contributed by atoms with E-state index in [1.165, 1.54) is 6.07 Å². The summed E-state index contributed by atoms with van der Waals surface area (Å²) in [5.74, 6) is 0.0920. The van der Waals surface area contributed by atoms with Crippen LogP contribution >= 0.6 is 0 Å². The first kappa shape index (κ1) is 20.2. The highest BCUT2D eigenvalue weighted by Gasteiger charge is 2.32. The van der Waals surface area contributed by atoms with Crippen molar-refractivity contribution >= 4 is 16.1 Å². The fourth-order valence-electron chi connectivity index (χ4n) is 2.68. The minimum atomic E-state index is -4.04. The van der Waals surface area contributed by atoms with Gasteiger partial charge >= 0.3 is 6.03 Å². The van der Waals surface area contributed by atoms with Gasteiger partial charge in [-0.15, -0.1) is 4.83 Å². The van der Waals surface area contributed by atoms with Gasteiger partial charge in [0, 0.05) is 11.1 Å². The van der Waals surface area contributed by atoms with Crippen LogP contribution < -0.4 is 16.0 Å². The quantitative estimate of drug-likeness (QED) is 0.619. The number of primary amides is 1. The molecule has 8 heteroatoms. The molecule has 0 fully saturated rings. The molecule has 2 amide bonds. The van der Waals surface area contributed by atoms with Crippen LogP contribution in [0.1, 0.15) is 58.2 Å². The molecule has 0 unspecified atom stereocenters. The average molecular weight is 357 g/mol. The van der Waals surface area contributed by atoms with Crippen molar-refractivity contribution in [2.24, 2.45) is 5.73 Å². The molecular weight excluding hydrogens is 330 g/mol. The first-order valence-corrected chi connectivity index (χ1v) is 9.02. The summed E-state index contributed by atoms with van der Waals surface area (Å²) >= 11 is 0. The Morgan fingerprint density at radius 1 is 1.12 bits per heavy atom. The number of phenolic OH excluding ortho intramolecular Hbond substituents is 1. The molecule has 1 rings (SSSR count). The summed E-state index contributed by atoms with van der Waals surface area (Å²) in [4.78, 5) is 12.8. The van der Waals surface area contributed by atoms with E-state index in [-0.39, 0.29) is 10.6 Å². The number of urea groups is 1. The summed E-state index contributed by atoms with van der Waals surface area (Å²) in [6.07, 6.45) is 0. The number of carbonyl (C=O) groups excluding carboxylic acids is 1. The van der Waals surface area contributed by atoms with Gasteiger partial charge in [0.15, 0.2) is 0 Å². The van der Waals surface area contributed by atoms with Gasteiger partial charge in [-0.3, -0.25) is 5.43 Å². The van der Waals surface area contributed by atoms with Crippen LogP contribution in [0.15, 0.2) is 11.0 Å². The zero-order valence-electron chi connectivity index (χ0n) is 15.2. The van der Waals surface area contributed by atoms with E-state index in [1.54, 1.807) is 6.92 Å². The molecule has 0 aliphatic heterocycles. The minimum Gasteiger partial charge on any atom is -0.507 e. The van der Waals surface area contributed by atoms with E-state index in [0.29, 0.717) is 16.7 Å². The predicted octanol–water partition coefficient (Wildman–Crippen LogP) is 2.16. The van der Waals surface area contributed by atoms with Crippen LogP contribution in [-0.4, -0.2) is 19.6 Å². The lowest BCUT2D eigenvalue weighted by Gasteiger charge is -2.30. The van der Waals surface area contributed by atoms with Crippen molar-refractivity contribution in [2.75, 3.05) is 0 Å². The molecule has 0 aromatic heterocycles. The van der Waals surface area contributed by atoms with E-state index >= 15 is 0 Å². The minimum absolute atomic E-state index is 0.0103.